The second kappa shape index (κ2) is 7.49. The van der Waals surface area contributed by atoms with Crippen LogP contribution < -0.4 is 5.73 Å². The van der Waals surface area contributed by atoms with Gasteiger partial charge in [-0.2, -0.15) is 0 Å². The molecule has 0 aromatic heterocycles. The first-order valence-electron chi connectivity index (χ1n) is 7.93. The molecule has 0 spiro atoms. The number of carbonyl (C=O) groups is 2. The van der Waals surface area contributed by atoms with Gasteiger partial charge in [-0.3, -0.25) is 9.59 Å². The number of benzene rings is 1. The summed E-state index contributed by atoms with van der Waals surface area (Å²) in [5.74, 6) is -3.05. The second-order valence-electron chi connectivity index (χ2n) is 7.03. The molecule has 0 fully saturated rings. The summed E-state index contributed by atoms with van der Waals surface area (Å²) in [4.78, 5) is 24.1. The lowest BCUT2D eigenvalue weighted by Gasteiger charge is -2.36. The van der Waals surface area contributed by atoms with Crippen molar-refractivity contribution in [2.75, 3.05) is 5.73 Å². The zero-order valence-electron chi connectivity index (χ0n) is 14.2. The summed E-state index contributed by atoms with van der Waals surface area (Å²) in [6.07, 6.45) is 0.564. The van der Waals surface area contributed by atoms with Crippen molar-refractivity contribution in [1.82, 2.24) is 0 Å². The third-order valence-corrected chi connectivity index (χ3v) is 4.13. The van der Waals surface area contributed by atoms with E-state index in [-0.39, 0.29) is 18.3 Å². The Labute approximate surface area is 137 Å². The number of aliphatic carboxylic acids is 2. The first kappa shape index (κ1) is 19.0. The van der Waals surface area contributed by atoms with Crippen molar-refractivity contribution in [3.8, 4) is 0 Å². The van der Waals surface area contributed by atoms with Gasteiger partial charge >= 0.3 is 11.9 Å². The van der Waals surface area contributed by atoms with Crippen molar-refractivity contribution in [2.24, 2.45) is 17.3 Å². The Balaban J connectivity index is 3.51. The molecule has 0 aliphatic carbocycles. The number of nitrogens with two attached hydrogens (primary N) is 1. The van der Waals surface area contributed by atoms with E-state index in [1.165, 1.54) is 0 Å². The lowest BCUT2D eigenvalue weighted by atomic mass is 9.65. The van der Waals surface area contributed by atoms with Crippen LogP contribution in [0.5, 0.6) is 0 Å². The highest BCUT2D eigenvalue weighted by molar-refractivity contribution is 5.99. The monoisotopic (exact) mass is 321 g/mol. The van der Waals surface area contributed by atoms with Crippen molar-refractivity contribution in [2.45, 2.75) is 46.5 Å². The smallest absolute Gasteiger partial charge is 0.321 e. The molecule has 23 heavy (non-hydrogen) atoms. The van der Waals surface area contributed by atoms with Crippen molar-refractivity contribution in [1.29, 1.82) is 0 Å². The summed E-state index contributed by atoms with van der Waals surface area (Å²) in [5, 5.41) is 19.7. The van der Waals surface area contributed by atoms with Crippen LogP contribution in [0.25, 0.3) is 0 Å². The number of rotatable bonds is 8. The molecule has 128 valence electrons. The quantitative estimate of drug-likeness (QED) is 0.501. The second-order valence-corrected chi connectivity index (χ2v) is 7.03. The van der Waals surface area contributed by atoms with Gasteiger partial charge in [0.15, 0.2) is 5.41 Å². The van der Waals surface area contributed by atoms with Crippen LogP contribution in [0, 0.1) is 17.3 Å². The van der Waals surface area contributed by atoms with Gasteiger partial charge in [0.25, 0.3) is 0 Å². The highest BCUT2D eigenvalue weighted by Crippen LogP contribution is 2.45. The third-order valence-electron chi connectivity index (χ3n) is 4.13. The van der Waals surface area contributed by atoms with Gasteiger partial charge in [0.05, 0.1) is 0 Å². The van der Waals surface area contributed by atoms with Gasteiger partial charge < -0.3 is 15.9 Å². The summed E-state index contributed by atoms with van der Waals surface area (Å²) in [6, 6.07) is 6.85. The van der Waals surface area contributed by atoms with Gasteiger partial charge in [0.1, 0.15) is 0 Å². The Morgan fingerprint density at radius 2 is 1.48 bits per heavy atom. The van der Waals surface area contributed by atoms with Gasteiger partial charge in [-0.15, -0.1) is 0 Å². The minimum absolute atomic E-state index is 0.0503. The topological polar surface area (TPSA) is 101 Å². The Kier molecular flexibility index (Phi) is 6.19. The fraction of sp³-hybridized carbons (Fsp3) is 0.556. The first-order valence-corrected chi connectivity index (χ1v) is 7.93. The summed E-state index contributed by atoms with van der Waals surface area (Å²) < 4.78 is 0. The lowest BCUT2D eigenvalue weighted by Crippen LogP contribution is -2.46. The van der Waals surface area contributed by atoms with Crippen LogP contribution in [0.15, 0.2) is 24.3 Å². The molecular weight excluding hydrogens is 294 g/mol. The van der Waals surface area contributed by atoms with E-state index in [4.69, 9.17) is 5.73 Å². The van der Waals surface area contributed by atoms with E-state index in [2.05, 4.69) is 0 Å². The van der Waals surface area contributed by atoms with Gasteiger partial charge in [0, 0.05) is 11.6 Å². The van der Waals surface area contributed by atoms with E-state index >= 15 is 0 Å². The minimum Gasteiger partial charge on any atom is -0.480 e. The van der Waals surface area contributed by atoms with Crippen LogP contribution >= 0.6 is 0 Å². The fourth-order valence-electron chi connectivity index (χ4n) is 3.17. The fourth-order valence-corrected chi connectivity index (χ4v) is 3.17. The lowest BCUT2D eigenvalue weighted by molar-refractivity contribution is -0.168. The number of nitrogen functional groups attached to an aromatic ring is 1. The number of carboxylic acids is 2. The summed E-state index contributed by atoms with van der Waals surface area (Å²) in [6.45, 7) is 7.62. The molecule has 0 aliphatic heterocycles. The molecule has 0 saturated carbocycles. The average molecular weight is 321 g/mol. The SMILES string of the molecule is CC(C)CC(c1ccc(N)cc1)C(CC(C)C)(C(=O)O)C(=O)O. The van der Waals surface area contributed by atoms with Gasteiger partial charge in [-0.05, 0) is 42.4 Å². The zero-order valence-corrected chi connectivity index (χ0v) is 14.2. The molecule has 0 radical (unpaired) electrons. The normalized spacial score (nSPS) is 13.3. The molecule has 0 bridgehead atoms. The Bertz CT molecular complexity index is 535. The molecule has 1 unspecified atom stereocenters. The van der Waals surface area contributed by atoms with Crippen LogP contribution in [0.3, 0.4) is 0 Å². The first-order chi connectivity index (χ1) is 10.6. The van der Waals surface area contributed by atoms with E-state index in [0.29, 0.717) is 17.7 Å². The number of carboxylic acid groups (broad SMARTS) is 2. The van der Waals surface area contributed by atoms with Crippen LogP contribution in [0.4, 0.5) is 5.69 Å². The molecule has 0 heterocycles. The summed E-state index contributed by atoms with van der Waals surface area (Å²) in [7, 11) is 0. The molecule has 4 N–H and O–H groups in total. The van der Waals surface area contributed by atoms with E-state index in [1.807, 2.05) is 27.7 Å². The van der Waals surface area contributed by atoms with Gasteiger partial charge in [-0.25, -0.2) is 0 Å². The number of anilines is 1. The Hall–Kier alpha value is -2.04. The molecule has 5 heteroatoms. The van der Waals surface area contributed by atoms with Crippen molar-refractivity contribution < 1.29 is 19.8 Å². The number of hydrogen-bond donors (Lipinski definition) is 3. The maximum atomic E-state index is 12.1. The molecule has 0 saturated heterocycles. The maximum absolute atomic E-state index is 12.1. The molecule has 1 atom stereocenters. The van der Waals surface area contributed by atoms with E-state index in [9.17, 15) is 19.8 Å². The molecule has 5 nitrogen and oxygen atoms in total. The van der Waals surface area contributed by atoms with Crippen molar-refractivity contribution in [3.05, 3.63) is 29.8 Å². The highest BCUT2D eigenvalue weighted by atomic mass is 16.4. The standard InChI is InChI=1S/C18H27NO4/c1-11(2)9-15(13-5-7-14(19)8-6-13)18(16(20)21,17(22)23)10-12(3)4/h5-8,11-12,15H,9-10,19H2,1-4H3,(H,20,21)(H,22,23). The Morgan fingerprint density at radius 3 is 1.83 bits per heavy atom. The molecule has 1 aromatic rings. The van der Waals surface area contributed by atoms with E-state index in [1.54, 1.807) is 24.3 Å². The highest BCUT2D eigenvalue weighted by Gasteiger charge is 2.53. The molecule has 1 rings (SSSR count). The van der Waals surface area contributed by atoms with Crippen LogP contribution in [-0.4, -0.2) is 22.2 Å². The average Bonchev–Trinajstić information content (AvgIpc) is 2.42. The Morgan fingerprint density at radius 1 is 1.00 bits per heavy atom. The van der Waals surface area contributed by atoms with Crippen molar-refractivity contribution >= 4 is 17.6 Å². The van der Waals surface area contributed by atoms with Gasteiger partial charge in [0.2, 0.25) is 0 Å². The number of hydrogen-bond acceptors (Lipinski definition) is 3. The predicted molar refractivity (Wildman–Crippen MR) is 90.2 cm³/mol. The molecule has 0 aliphatic rings. The van der Waals surface area contributed by atoms with Gasteiger partial charge in [-0.1, -0.05) is 39.8 Å². The summed E-state index contributed by atoms with van der Waals surface area (Å²) >= 11 is 0. The minimum atomic E-state index is -1.84. The van der Waals surface area contributed by atoms with E-state index < -0.39 is 23.3 Å². The largest absolute Gasteiger partial charge is 0.480 e. The molecule has 0 amide bonds. The third kappa shape index (κ3) is 4.24. The van der Waals surface area contributed by atoms with Crippen LogP contribution in [-0.2, 0) is 9.59 Å². The summed E-state index contributed by atoms with van der Waals surface area (Å²) in [5.41, 5.74) is 5.14. The van der Waals surface area contributed by atoms with Crippen LogP contribution in [0.2, 0.25) is 0 Å². The predicted octanol–water partition coefficient (Wildman–Crippen LogP) is 3.60. The molecule has 1 aromatic carbocycles. The molecular formula is C18H27NO4. The maximum Gasteiger partial charge on any atom is 0.321 e. The van der Waals surface area contributed by atoms with E-state index in [0.717, 1.165) is 0 Å². The zero-order chi connectivity index (χ0) is 17.8. The van der Waals surface area contributed by atoms with Crippen LogP contribution in [0.1, 0.15) is 52.0 Å². The van der Waals surface area contributed by atoms with Crippen molar-refractivity contribution in [3.63, 3.8) is 0 Å².